The minimum Gasteiger partial charge on any atom is -0.507 e. The lowest BCUT2D eigenvalue weighted by Gasteiger charge is -2.25. The molecule has 3 heterocycles. The maximum Gasteiger partial charge on any atom is 0.296 e. The molecule has 38 heavy (non-hydrogen) atoms. The molecular weight excluding hydrogens is 486 g/mol. The summed E-state index contributed by atoms with van der Waals surface area (Å²) in [6, 6.07) is 13.3. The van der Waals surface area contributed by atoms with Crippen LogP contribution in [0.1, 0.15) is 55.7 Å². The molecule has 3 aromatic rings. The highest BCUT2D eigenvalue weighted by Crippen LogP contribution is 2.43. The number of benzene rings is 2. The fraction of sp³-hybridized carbons (Fsp3) is 0.333. The number of Topliss-reactive ketones (excluding diaryl/α,β-unsaturated/α-hetero) is 1. The molecule has 2 aliphatic rings. The van der Waals surface area contributed by atoms with Gasteiger partial charge in [0.15, 0.2) is 11.5 Å². The molecule has 0 spiro atoms. The third-order valence-electron chi connectivity index (χ3n) is 6.66. The molecule has 0 unspecified atom stereocenters. The zero-order valence-electron chi connectivity index (χ0n) is 21.7. The fourth-order valence-electron chi connectivity index (χ4n) is 4.98. The Bertz CT molecular complexity index is 1380. The molecule has 0 radical (unpaired) electrons. The van der Waals surface area contributed by atoms with Crippen LogP contribution >= 0.6 is 0 Å². The maximum atomic E-state index is 13.4. The third kappa shape index (κ3) is 4.74. The van der Waals surface area contributed by atoms with Crippen molar-refractivity contribution in [2.45, 2.75) is 52.3 Å². The molecule has 1 N–H and O–H groups in total. The van der Waals surface area contributed by atoms with Crippen LogP contribution in [0.4, 0.5) is 0 Å². The number of carbonyl (C=O) groups is 2. The van der Waals surface area contributed by atoms with Gasteiger partial charge in [-0.3, -0.25) is 9.59 Å². The Morgan fingerprint density at radius 1 is 1.08 bits per heavy atom. The SMILES string of the molecule is CCCOc1ccc([C@@H]2/C(=C(\O)c3ccc4c(c3)C[C@H](C)O4)C(=O)C(=O)N2Cc2ccco2)cc1OCC. The lowest BCUT2D eigenvalue weighted by Crippen LogP contribution is -2.29. The number of ether oxygens (including phenoxy) is 3. The van der Waals surface area contributed by atoms with E-state index in [1.165, 1.54) is 11.2 Å². The van der Waals surface area contributed by atoms with Gasteiger partial charge in [-0.1, -0.05) is 13.0 Å². The minimum atomic E-state index is -0.858. The summed E-state index contributed by atoms with van der Waals surface area (Å²) in [5, 5.41) is 11.5. The number of hydrogen-bond acceptors (Lipinski definition) is 7. The second-order valence-electron chi connectivity index (χ2n) is 9.45. The lowest BCUT2D eigenvalue weighted by molar-refractivity contribution is -0.140. The van der Waals surface area contributed by atoms with E-state index in [4.69, 9.17) is 18.6 Å². The minimum absolute atomic E-state index is 0.0122. The number of rotatable bonds is 9. The highest BCUT2D eigenvalue weighted by atomic mass is 16.5. The average Bonchev–Trinajstić information content (AvgIpc) is 3.62. The van der Waals surface area contributed by atoms with Crippen molar-refractivity contribution in [2.24, 2.45) is 0 Å². The topological polar surface area (TPSA) is 98.4 Å². The number of aliphatic hydroxyl groups excluding tert-OH is 1. The van der Waals surface area contributed by atoms with E-state index in [0.717, 1.165) is 17.7 Å². The van der Waals surface area contributed by atoms with Crippen LogP contribution in [-0.4, -0.2) is 41.0 Å². The summed E-state index contributed by atoms with van der Waals surface area (Å²) in [6.45, 7) is 6.86. The molecule has 0 saturated carbocycles. The number of likely N-dealkylation sites (tertiary alicyclic amines) is 1. The molecule has 1 aromatic heterocycles. The first-order chi connectivity index (χ1) is 18.4. The Morgan fingerprint density at radius 3 is 2.66 bits per heavy atom. The number of carbonyl (C=O) groups excluding carboxylic acids is 2. The molecular formula is C30H31NO7. The number of amides is 1. The highest BCUT2D eigenvalue weighted by Gasteiger charge is 2.46. The molecule has 0 aliphatic carbocycles. The fourth-order valence-corrected chi connectivity index (χ4v) is 4.98. The molecule has 5 rings (SSSR count). The Hall–Kier alpha value is -4.20. The van der Waals surface area contributed by atoms with Gasteiger partial charge in [0.2, 0.25) is 0 Å². The Morgan fingerprint density at radius 2 is 1.92 bits per heavy atom. The quantitative estimate of drug-likeness (QED) is 0.230. The average molecular weight is 518 g/mol. The molecule has 1 saturated heterocycles. The van der Waals surface area contributed by atoms with Gasteiger partial charge in [-0.05, 0) is 73.9 Å². The van der Waals surface area contributed by atoms with Gasteiger partial charge in [0.25, 0.3) is 11.7 Å². The van der Waals surface area contributed by atoms with Gasteiger partial charge in [-0.2, -0.15) is 0 Å². The third-order valence-corrected chi connectivity index (χ3v) is 6.66. The second kappa shape index (κ2) is 10.7. The molecule has 198 valence electrons. The van der Waals surface area contributed by atoms with Crippen LogP contribution in [0.25, 0.3) is 5.76 Å². The van der Waals surface area contributed by atoms with E-state index in [2.05, 4.69) is 0 Å². The van der Waals surface area contributed by atoms with Crippen molar-refractivity contribution in [3.05, 3.63) is 82.8 Å². The summed E-state index contributed by atoms with van der Waals surface area (Å²) >= 11 is 0. The molecule has 2 atom stereocenters. The number of ketones is 1. The van der Waals surface area contributed by atoms with Crippen LogP contribution in [0.15, 0.2) is 64.8 Å². The van der Waals surface area contributed by atoms with Gasteiger partial charge < -0.3 is 28.6 Å². The molecule has 8 heteroatoms. The van der Waals surface area contributed by atoms with Gasteiger partial charge in [0, 0.05) is 12.0 Å². The van der Waals surface area contributed by atoms with E-state index in [-0.39, 0.29) is 24.0 Å². The van der Waals surface area contributed by atoms with E-state index in [9.17, 15) is 14.7 Å². The van der Waals surface area contributed by atoms with Crippen molar-refractivity contribution in [1.29, 1.82) is 0 Å². The monoisotopic (exact) mass is 517 g/mol. The summed E-state index contributed by atoms with van der Waals surface area (Å²) in [7, 11) is 0. The summed E-state index contributed by atoms with van der Waals surface area (Å²) in [4.78, 5) is 28.2. The predicted octanol–water partition coefficient (Wildman–Crippen LogP) is 5.41. The smallest absolute Gasteiger partial charge is 0.296 e. The zero-order valence-corrected chi connectivity index (χ0v) is 21.7. The molecule has 1 amide bonds. The van der Waals surface area contributed by atoms with Gasteiger partial charge in [-0.25, -0.2) is 0 Å². The van der Waals surface area contributed by atoms with Crippen LogP contribution in [0.5, 0.6) is 17.2 Å². The van der Waals surface area contributed by atoms with E-state index < -0.39 is 17.7 Å². The Balaban J connectivity index is 1.63. The molecule has 2 aromatic carbocycles. The van der Waals surface area contributed by atoms with E-state index in [0.29, 0.717) is 48.0 Å². The standard InChI is InChI=1S/C30H31NO7/c1-4-12-37-24-11-8-19(16-25(24)35-5-2)27-26(29(33)30(34)31(27)17-22-7-6-13-36-22)28(32)20-9-10-23-21(15-20)14-18(3)38-23/h6-11,13,15-16,18,27,32H,4-5,12,14,17H2,1-3H3/b28-26+/t18-,27+/m0/s1. The molecule has 1 fully saturated rings. The zero-order chi connectivity index (χ0) is 26.8. The van der Waals surface area contributed by atoms with Crippen molar-refractivity contribution in [2.75, 3.05) is 13.2 Å². The molecule has 0 bridgehead atoms. The maximum absolute atomic E-state index is 13.4. The van der Waals surface area contributed by atoms with Crippen LogP contribution in [0, 0.1) is 0 Å². The highest BCUT2D eigenvalue weighted by molar-refractivity contribution is 6.46. The summed E-state index contributed by atoms with van der Waals surface area (Å²) in [6.07, 6.45) is 3.08. The Labute approximate surface area is 221 Å². The van der Waals surface area contributed by atoms with Crippen molar-refractivity contribution >= 4 is 17.4 Å². The van der Waals surface area contributed by atoms with Gasteiger partial charge >= 0.3 is 0 Å². The van der Waals surface area contributed by atoms with Crippen LogP contribution < -0.4 is 14.2 Å². The van der Waals surface area contributed by atoms with Crippen LogP contribution in [0.3, 0.4) is 0 Å². The first kappa shape index (κ1) is 25.4. The number of nitrogens with zero attached hydrogens (tertiary/aromatic N) is 1. The van der Waals surface area contributed by atoms with Gasteiger partial charge in [0.05, 0.1) is 37.6 Å². The van der Waals surface area contributed by atoms with E-state index >= 15 is 0 Å². The molecule has 8 nitrogen and oxygen atoms in total. The summed E-state index contributed by atoms with van der Waals surface area (Å²) in [5.74, 6) is 0.658. The van der Waals surface area contributed by atoms with Crippen molar-refractivity contribution in [3.63, 3.8) is 0 Å². The second-order valence-corrected chi connectivity index (χ2v) is 9.45. The summed E-state index contributed by atoms with van der Waals surface area (Å²) < 4.78 is 23.0. The predicted molar refractivity (Wildman–Crippen MR) is 140 cm³/mol. The lowest BCUT2D eigenvalue weighted by atomic mass is 9.94. The van der Waals surface area contributed by atoms with Crippen LogP contribution in [0.2, 0.25) is 0 Å². The number of furan rings is 1. The first-order valence-corrected chi connectivity index (χ1v) is 12.9. The van der Waals surface area contributed by atoms with Crippen molar-refractivity contribution in [1.82, 2.24) is 4.90 Å². The van der Waals surface area contributed by atoms with E-state index in [1.807, 2.05) is 26.8 Å². The van der Waals surface area contributed by atoms with E-state index in [1.54, 1.807) is 42.5 Å². The van der Waals surface area contributed by atoms with Crippen molar-refractivity contribution < 1.29 is 33.3 Å². The van der Waals surface area contributed by atoms with Gasteiger partial charge in [0.1, 0.15) is 23.4 Å². The van der Waals surface area contributed by atoms with Crippen molar-refractivity contribution in [3.8, 4) is 17.2 Å². The Kier molecular flexibility index (Phi) is 7.13. The number of hydrogen-bond donors (Lipinski definition) is 1. The van der Waals surface area contributed by atoms with Gasteiger partial charge in [-0.15, -0.1) is 0 Å². The normalized spacial score (nSPS) is 19.9. The first-order valence-electron chi connectivity index (χ1n) is 12.9. The number of fused-ring (bicyclic) bond motifs is 1. The summed E-state index contributed by atoms with van der Waals surface area (Å²) in [5.41, 5.74) is 2.02. The van der Waals surface area contributed by atoms with Crippen LogP contribution in [-0.2, 0) is 22.6 Å². The molecule has 2 aliphatic heterocycles. The largest absolute Gasteiger partial charge is 0.507 e. The number of aliphatic hydroxyl groups is 1.